The second kappa shape index (κ2) is 7.17. The van der Waals surface area contributed by atoms with E-state index < -0.39 is 15.7 Å². The van der Waals surface area contributed by atoms with Gasteiger partial charge in [0.2, 0.25) is 12.5 Å². The van der Waals surface area contributed by atoms with E-state index in [1.54, 1.807) is 18.4 Å². The zero-order valence-corrected chi connectivity index (χ0v) is 17.2. The Bertz CT molecular complexity index is 1280. The van der Waals surface area contributed by atoms with E-state index in [1.807, 2.05) is 0 Å². The number of sulfonamides is 1. The summed E-state index contributed by atoms with van der Waals surface area (Å²) in [5.41, 5.74) is 0.315. The molecule has 152 valence electrons. The standard InChI is InChI=1S/C17H14ClN3O6S2/c1-9-16(18)21(17(23)19-9)5-4-10-7-11(14-15(13(10)22)27-8-26-14)20-29(24,25)12-3-2-6-28-12/h2-7,20,22H,8H2,1H3,(H,19,23)/b5-4+. The van der Waals surface area contributed by atoms with E-state index in [2.05, 4.69) is 9.71 Å². The van der Waals surface area contributed by atoms with Gasteiger partial charge in [-0.2, -0.15) is 0 Å². The van der Waals surface area contributed by atoms with Crippen LogP contribution in [0, 0.1) is 6.92 Å². The third kappa shape index (κ3) is 3.48. The van der Waals surface area contributed by atoms with E-state index in [-0.39, 0.29) is 44.7 Å². The lowest BCUT2D eigenvalue weighted by atomic mass is 10.1. The van der Waals surface area contributed by atoms with Crippen LogP contribution in [0.5, 0.6) is 17.2 Å². The summed E-state index contributed by atoms with van der Waals surface area (Å²) in [6, 6.07) is 4.46. The van der Waals surface area contributed by atoms with Gasteiger partial charge >= 0.3 is 5.69 Å². The lowest BCUT2D eigenvalue weighted by molar-refractivity contribution is 0.171. The van der Waals surface area contributed by atoms with Crippen LogP contribution in [-0.2, 0) is 10.0 Å². The second-order valence-electron chi connectivity index (χ2n) is 6.00. The number of nitrogens with one attached hydrogen (secondary N) is 2. The molecule has 29 heavy (non-hydrogen) atoms. The zero-order valence-electron chi connectivity index (χ0n) is 14.8. The van der Waals surface area contributed by atoms with Crippen molar-refractivity contribution in [2.24, 2.45) is 0 Å². The molecule has 0 radical (unpaired) electrons. The van der Waals surface area contributed by atoms with Crippen LogP contribution >= 0.6 is 22.9 Å². The molecule has 0 bridgehead atoms. The SMILES string of the molecule is Cc1[nH]c(=O)n(/C=C/c2cc(NS(=O)(=O)c3cccs3)c3c(c2O)OCO3)c1Cl. The first-order chi connectivity index (χ1) is 13.8. The maximum Gasteiger partial charge on any atom is 0.331 e. The third-order valence-electron chi connectivity index (χ3n) is 4.09. The first-order valence-electron chi connectivity index (χ1n) is 8.14. The van der Waals surface area contributed by atoms with Gasteiger partial charge in [0, 0.05) is 11.8 Å². The van der Waals surface area contributed by atoms with Gasteiger partial charge < -0.3 is 19.6 Å². The summed E-state index contributed by atoms with van der Waals surface area (Å²) in [5, 5.41) is 12.3. The summed E-state index contributed by atoms with van der Waals surface area (Å²) in [7, 11) is -3.85. The highest BCUT2D eigenvalue weighted by Crippen LogP contribution is 2.48. The largest absolute Gasteiger partial charge is 0.504 e. The molecule has 9 nitrogen and oxygen atoms in total. The highest BCUT2D eigenvalue weighted by molar-refractivity contribution is 7.94. The molecule has 0 saturated heterocycles. The van der Waals surface area contributed by atoms with Crippen LogP contribution in [0.4, 0.5) is 5.69 Å². The van der Waals surface area contributed by atoms with E-state index in [4.69, 9.17) is 21.1 Å². The van der Waals surface area contributed by atoms with E-state index in [1.165, 1.54) is 24.4 Å². The Kier molecular flexibility index (Phi) is 4.81. The number of anilines is 1. The number of ether oxygens (including phenoxy) is 2. The van der Waals surface area contributed by atoms with E-state index in [0.717, 1.165) is 15.9 Å². The number of aryl methyl sites for hydroxylation is 1. The molecule has 3 aromatic rings. The molecule has 1 aliphatic heterocycles. The second-order valence-corrected chi connectivity index (χ2v) is 9.21. The third-order valence-corrected chi connectivity index (χ3v) is 7.32. The number of benzene rings is 1. The van der Waals surface area contributed by atoms with Gasteiger partial charge in [0.15, 0.2) is 11.5 Å². The number of nitrogens with zero attached hydrogens (tertiary/aromatic N) is 1. The number of aromatic amines is 1. The predicted octanol–water partition coefficient (Wildman–Crippen LogP) is 3.06. The minimum Gasteiger partial charge on any atom is -0.504 e. The van der Waals surface area contributed by atoms with Gasteiger partial charge in [-0.25, -0.2) is 13.2 Å². The van der Waals surface area contributed by atoms with Crippen LogP contribution in [0.15, 0.2) is 32.6 Å². The van der Waals surface area contributed by atoms with Crippen molar-refractivity contribution < 1.29 is 23.0 Å². The fourth-order valence-electron chi connectivity index (χ4n) is 2.72. The van der Waals surface area contributed by atoms with Crippen LogP contribution in [0.1, 0.15) is 11.3 Å². The van der Waals surface area contributed by atoms with E-state index >= 15 is 0 Å². The van der Waals surface area contributed by atoms with Crippen molar-refractivity contribution in [2.75, 3.05) is 11.5 Å². The predicted molar refractivity (Wildman–Crippen MR) is 109 cm³/mol. The Balaban J connectivity index is 1.77. The van der Waals surface area contributed by atoms with E-state index in [0.29, 0.717) is 5.69 Å². The number of hydrogen-bond acceptors (Lipinski definition) is 7. The van der Waals surface area contributed by atoms with Gasteiger partial charge in [-0.15, -0.1) is 11.3 Å². The van der Waals surface area contributed by atoms with Gasteiger partial charge in [0.05, 0.1) is 11.4 Å². The number of phenols is 1. The summed E-state index contributed by atoms with van der Waals surface area (Å²) in [6.45, 7) is 1.47. The number of hydrogen-bond donors (Lipinski definition) is 3. The molecule has 0 amide bonds. The molecular formula is C17H14ClN3O6S2. The molecule has 3 N–H and O–H groups in total. The Morgan fingerprint density at radius 1 is 1.38 bits per heavy atom. The Morgan fingerprint density at radius 3 is 2.79 bits per heavy atom. The summed E-state index contributed by atoms with van der Waals surface area (Å²) < 4.78 is 39.5. The van der Waals surface area contributed by atoms with Gasteiger partial charge in [-0.1, -0.05) is 17.7 Å². The number of fused-ring (bicyclic) bond motifs is 1. The smallest absolute Gasteiger partial charge is 0.331 e. The van der Waals surface area contributed by atoms with Crippen molar-refractivity contribution in [3.63, 3.8) is 0 Å². The molecular weight excluding hydrogens is 442 g/mol. The Labute approximate surface area is 173 Å². The van der Waals surface area contributed by atoms with Crippen LogP contribution in [0.2, 0.25) is 5.15 Å². The summed E-state index contributed by atoms with van der Waals surface area (Å²) >= 11 is 7.13. The summed E-state index contributed by atoms with van der Waals surface area (Å²) in [6.07, 6.45) is 2.75. The van der Waals surface area contributed by atoms with Gasteiger partial charge in [0.25, 0.3) is 10.0 Å². The van der Waals surface area contributed by atoms with E-state index in [9.17, 15) is 18.3 Å². The van der Waals surface area contributed by atoms with Gasteiger partial charge in [0.1, 0.15) is 9.36 Å². The number of rotatable bonds is 5. The normalized spacial score (nSPS) is 13.3. The molecule has 2 aromatic heterocycles. The number of imidazole rings is 1. The van der Waals surface area contributed by atoms with Crippen LogP contribution in [0.3, 0.4) is 0 Å². The number of aromatic nitrogens is 2. The van der Waals surface area contributed by atoms with Crippen LogP contribution in [0.25, 0.3) is 12.3 Å². The quantitative estimate of drug-likeness (QED) is 0.508. The number of aromatic hydroxyl groups is 1. The maximum atomic E-state index is 12.6. The molecule has 0 spiro atoms. The molecule has 0 atom stereocenters. The fourth-order valence-corrected chi connectivity index (χ4v) is 4.95. The van der Waals surface area contributed by atoms with Crippen molar-refractivity contribution in [2.45, 2.75) is 11.1 Å². The molecule has 4 rings (SSSR count). The molecule has 3 heterocycles. The molecule has 0 aliphatic carbocycles. The minimum absolute atomic E-state index is 0.000257. The zero-order chi connectivity index (χ0) is 20.8. The Morgan fingerprint density at radius 2 is 2.14 bits per heavy atom. The molecule has 1 aromatic carbocycles. The highest BCUT2D eigenvalue weighted by Gasteiger charge is 2.27. The molecule has 12 heteroatoms. The molecule has 0 unspecified atom stereocenters. The number of thiophene rings is 1. The lowest BCUT2D eigenvalue weighted by Gasteiger charge is -2.12. The van der Waals surface area contributed by atoms with Crippen molar-refractivity contribution in [3.8, 4) is 17.2 Å². The molecule has 0 saturated carbocycles. The first kappa shape index (κ1) is 19.4. The average Bonchev–Trinajstić information content (AvgIpc) is 3.40. The van der Waals surface area contributed by atoms with Crippen molar-refractivity contribution in [1.82, 2.24) is 9.55 Å². The van der Waals surface area contributed by atoms with Crippen LogP contribution in [-0.4, -0.2) is 29.9 Å². The highest BCUT2D eigenvalue weighted by atomic mass is 35.5. The number of phenolic OH excluding ortho intramolecular Hbond substituents is 1. The van der Waals surface area contributed by atoms with Crippen molar-refractivity contribution in [1.29, 1.82) is 0 Å². The lowest BCUT2D eigenvalue weighted by Crippen LogP contribution is -2.12. The maximum absolute atomic E-state index is 12.6. The minimum atomic E-state index is -3.85. The number of halogens is 1. The summed E-state index contributed by atoms with van der Waals surface area (Å²) in [4.78, 5) is 14.5. The fraction of sp³-hybridized carbons (Fsp3) is 0.118. The average molecular weight is 456 g/mol. The first-order valence-corrected chi connectivity index (χ1v) is 10.9. The number of H-pyrrole nitrogens is 1. The summed E-state index contributed by atoms with van der Waals surface area (Å²) in [5.74, 6) is -0.184. The van der Waals surface area contributed by atoms with Crippen LogP contribution < -0.4 is 19.9 Å². The monoisotopic (exact) mass is 455 g/mol. The van der Waals surface area contributed by atoms with Gasteiger partial charge in [-0.05, 0) is 30.5 Å². The topological polar surface area (TPSA) is 123 Å². The van der Waals surface area contributed by atoms with Crippen molar-refractivity contribution in [3.05, 3.63) is 50.5 Å². The van der Waals surface area contributed by atoms with Crippen molar-refractivity contribution >= 4 is 50.9 Å². The molecule has 0 fully saturated rings. The Hall–Kier alpha value is -2.89. The van der Waals surface area contributed by atoms with Gasteiger partial charge in [-0.3, -0.25) is 9.29 Å². The molecule has 1 aliphatic rings.